The summed E-state index contributed by atoms with van der Waals surface area (Å²) in [4.78, 5) is -0.908. The quantitative estimate of drug-likeness (QED) is 0.864. The van der Waals surface area contributed by atoms with Gasteiger partial charge in [0.1, 0.15) is 10.7 Å². The molecule has 0 aromatic heterocycles. The average molecular weight is 323 g/mol. The van der Waals surface area contributed by atoms with Gasteiger partial charge in [-0.05, 0) is 24.8 Å². The molecule has 0 saturated carbocycles. The molecule has 1 aromatic carbocycles. The normalized spacial score (nSPS) is 24.2. The van der Waals surface area contributed by atoms with Crippen molar-refractivity contribution < 1.29 is 26.7 Å². The molecule has 2 unspecified atom stereocenters. The van der Waals surface area contributed by atoms with Gasteiger partial charge in [-0.25, -0.2) is 21.6 Å². The number of sulfonamides is 1. The highest BCUT2D eigenvalue weighted by atomic mass is 32.2. The number of aliphatic hydroxyl groups is 1. The van der Waals surface area contributed by atoms with Crippen LogP contribution in [-0.4, -0.2) is 37.0 Å². The van der Waals surface area contributed by atoms with Crippen LogP contribution < -0.4 is 0 Å². The number of nitrogens with zero attached hydrogens (tertiary/aromatic N) is 1. The lowest BCUT2D eigenvalue weighted by molar-refractivity contribution is 0.113. The molecule has 0 amide bonds. The summed E-state index contributed by atoms with van der Waals surface area (Å²) in [6, 6.07) is -0.145. The Morgan fingerprint density at radius 3 is 2.48 bits per heavy atom. The molecule has 8 heteroatoms. The molecule has 1 N–H and O–H groups in total. The minimum absolute atomic E-state index is 0.105. The van der Waals surface area contributed by atoms with Crippen molar-refractivity contribution in [2.45, 2.75) is 30.7 Å². The third-order valence-corrected chi connectivity index (χ3v) is 5.75. The molecule has 1 saturated heterocycles. The number of aliphatic hydroxyl groups excluding tert-OH is 1. The topological polar surface area (TPSA) is 57.6 Å². The number of rotatable bonds is 3. The van der Waals surface area contributed by atoms with Gasteiger partial charge in [0.05, 0.1) is 12.6 Å². The maximum absolute atomic E-state index is 13.7. The van der Waals surface area contributed by atoms with E-state index in [0.717, 1.165) is 10.7 Å². The van der Waals surface area contributed by atoms with Gasteiger partial charge in [-0.1, -0.05) is 6.92 Å². The van der Waals surface area contributed by atoms with Crippen molar-refractivity contribution in [1.82, 2.24) is 4.31 Å². The fraction of sp³-hybridized carbons (Fsp3) is 0.538. The molecule has 2 rings (SSSR count). The van der Waals surface area contributed by atoms with Crippen LogP contribution in [0.4, 0.5) is 13.2 Å². The smallest absolute Gasteiger partial charge is 0.246 e. The van der Waals surface area contributed by atoms with Gasteiger partial charge >= 0.3 is 0 Å². The van der Waals surface area contributed by atoms with Crippen molar-refractivity contribution >= 4 is 10.0 Å². The van der Waals surface area contributed by atoms with E-state index < -0.39 is 45.0 Å². The van der Waals surface area contributed by atoms with Gasteiger partial charge in [-0.2, -0.15) is 4.31 Å². The van der Waals surface area contributed by atoms with E-state index in [9.17, 15) is 26.7 Å². The third-order valence-electron chi connectivity index (χ3n) is 3.81. The van der Waals surface area contributed by atoms with Crippen molar-refractivity contribution in [2.24, 2.45) is 5.92 Å². The zero-order valence-electron chi connectivity index (χ0n) is 11.4. The second-order valence-electron chi connectivity index (χ2n) is 5.18. The molecule has 21 heavy (non-hydrogen) atoms. The van der Waals surface area contributed by atoms with Crippen LogP contribution >= 0.6 is 0 Å². The number of halogens is 3. The summed E-state index contributed by atoms with van der Waals surface area (Å²) in [5.41, 5.74) is 0. The Bertz CT molecular complexity index is 636. The van der Waals surface area contributed by atoms with Crippen molar-refractivity contribution in [3.8, 4) is 0 Å². The van der Waals surface area contributed by atoms with Gasteiger partial charge in [0.25, 0.3) is 0 Å². The number of hydrogen-bond donors (Lipinski definition) is 1. The Labute approximate surface area is 121 Å². The second-order valence-corrected chi connectivity index (χ2v) is 7.04. The first kappa shape index (κ1) is 16.3. The summed E-state index contributed by atoms with van der Waals surface area (Å²) in [7, 11) is -4.33. The molecular formula is C13H16F3NO3S. The SMILES string of the molecule is CC1CCCN(S(=O)(=O)c2cc(F)c(F)cc2F)C1CO. The van der Waals surface area contributed by atoms with E-state index in [-0.39, 0.29) is 18.5 Å². The molecule has 0 spiro atoms. The molecule has 0 bridgehead atoms. The largest absolute Gasteiger partial charge is 0.395 e. The molecule has 118 valence electrons. The third kappa shape index (κ3) is 2.93. The fourth-order valence-electron chi connectivity index (χ4n) is 2.61. The molecule has 2 atom stereocenters. The zero-order valence-corrected chi connectivity index (χ0v) is 12.2. The van der Waals surface area contributed by atoms with Crippen LogP contribution in [0.15, 0.2) is 17.0 Å². The number of benzene rings is 1. The van der Waals surface area contributed by atoms with Gasteiger partial charge in [0.15, 0.2) is 11.6 Å². The first-order valence-electron chi connectivity index (χ1n) is 6.56. The van der Waals surface area contributed by atoms with Crippen LogP contribution in [0.1, 0.15) is 19.8 Å². The first-order chi connectivity index (χ1) is 9.78. The predicted octanol–water partition coefficient (Wildman–Crippen LogP) is 1.89. The van der Waals surface area contributed by atoms with Gasteiger partial charge in [0, 0.05) is 12.6 Å². The Morgan fingerprint density at radius 2 is 1.86 bits per heavy atom. The van der Waals surface area contributed by atoms with Crippen molar-refractivity contribution in [3.63, 3.8) is 0 Å². The van der Waals surface area contributed by atoms with Crippen molar-refractivity contribution in [3.05, 3.63) is 29.6 Å². The van der Waals surface area contributed by atoms with E-state index in [0.29, 0.717) is 12.5 Å². The van der Waals surface area contributed by atoms with Gasteiger partial charge < -0.3 is 5.11 Å². The van der Waals surface area contributed by atoms with Crippen LogP contribution in [-0.2, 0) is 10.0 Å². The molecule has 1 aromatic rings. The van der Waals surface area contributed by atoms with E-state index in [2.05, 4.69) is 0 Å². The molecule has 1 aliphatic rings. The molecule has 1 fully saturated rings. The zero-order chi connectivity index (χ0) is 15.8. The van der Waals surface area contributed by atoms with E-state index in [1.54, 1.807) is 6.92 Å². The Morgan fingerprint density at radius 1 is 1.24 bits per heavy atom. The first-order valence-corrected chi connectivity index (χ1v) is 8.00. The highest BCUT2D eigenvalue weighted by molar-refractivity contribution is 7.89. The Kier molecular flexibility index (Phi) is 4.60. The van der Waals surface area contributed by atoms with Gasteiger partial charge in [-0.3, -0.25) is 0 Å². The van der Waals surface area contributed by atoms with Crippen LogP contribution in [0, 0.1) is 23.4 Å². The van der Waals surface area contributed by atoms with Crippen molar-refractivity contribution in [1.29, 1.82) is 0 Å². The summed E-state index contributed by atoms with van der Waals surface area (Å²) in [6.45, 7) is 1.48. The standard InChI is InChI=1S/C13H16F3NO3S/c1-8-3-2-4-17(12(8)7-18)21(19,20)13-6-10(15)9(14)5-11(13)16/h5-6,8,12,18H,2-4,7H2,1H3. The summed E-state index contributed by atoms with van der Waals surface area (Å²) in [5, 5.41) is 9.38. The fourth-order valence-corrected chi connectivity index (χ4v) is 4.42. The summed E-state index contributed by atoms with van der Waals surface area (Å²) in [6.07, 6.45) is 1.29. The Balaban J connectivity index is 2.48. The molecule has 1 aliphatic heterocycles. The number of hydrogen-bond acceptors (Lipinski definition) is 3. The summed E-state index contributed by atoms with van der Waals surface area (Å²) in [5.74, 6) is -4.33. The second kappa shape index (κ2) is 5.94. The molecule has 0 aliphatic carbocycles. The predicted molar refractivity (Wildman–Crippen MR) is 69.5 cm³/mol. The van der Waals surface area contributed by atoms with Gasteiger partial charge in [0.2, 0.25) is 10.0 Å². The van der Waals surface area contributed by atoms with Crippen LogP contribution in [0.5, 0.6) is 0 Å². The minimum atomic E-state index is -4.33. The van der Waals surface area contributed by atoms with Crippen LogP contribution in [0.2, 0.25) is 0 Å². The monoisotopic (exact) mass is 323 g/mol. The molecule has 1 heterocycles. The Hall–Kier alpha value is -1.12. The van der Waals surface area contributed by atoms with Crippen molar-refractivity contribution in [2.75, 3.05) is 13.2 Å². The maximum Gasteiger partial charge on any atom is 0.246 e. The van der Waals surface area contributed by atoms with E-state index >= 15 is 0 Å². The van der Waals surface area contributed by atoms with E-state index in [1.807, 2.05) is 0 Å². The molecule has 0 radical (unpaired) electrons. The highest BCUT2D eigenvalue weighted by Gasteiger charge is 2.38. The minimum Gasteiger partial charge on any atom is -0.395 e. The molecule has 4 nitrogen and oxygen atoms in total. The van der Waals surface area contributed by atoms with E-state index in [4.69, 9.17) is 0 Å². The highest BCUT2D eigenvalue weighted by Crippen LogP contribution is 2.30. The van der Waals surface area contributed by atoms with Crippen LogP contribution in [0.3, 0.4) is 0 Å². The lowest BCUT2D eigenvalue weighted by atomic mass is 9.93. The van der Waals surface area contributed by atoms with E-state index in [1.165, 1.54) is 0 Å². The summed E-state index contributed by atoms with van der Waals surface area (Å²) < 4.78 is 65.8. The lowest BCUT2D eigenvalue weighted by Crippen LogP contribution is -2.49. The maximum atomic E-state index is 13.7. The van der Waals surface area contributed by atoms with Crippen LogP contribution in [0.25, 0.3) is 0 Å². The number of piperidine rings is 1. The van der Waals surface area contributed by atoms with Gasteiger partial charge in [-0.15, -0.1) is 0 Å². The summed E-state index contributed by atoms with van der Waals surface area (Å²) >= 11 is 0. The molecular weight excluding hydrogens is 307 g/mol. The average Bonchev–Trinajstić information content (AvgIpc) is 2.42. The lowest BCUT2D eigenvalue weighted by Gasteiger charge is -2.37.